The van der Waals surface area contributed by atoms with Crippen LogP contribution in [0.15, 0.2) is 24.3 Å². The van der Waals surface area contributed by atoms with E-state index in [0.29, 0.717) is 25.1 Å². The third-order valence-corrected chi connectivity index (χ3v) is 2.70. The Morgan fingerprint density at radius 1 is 1.20 bits per heavy atom. The maximum absolute atomic E-state index is 9.99. The van der Waals surface area contributed by atoms with Crippen molar-refractivity contribution in [2.24, 2.45) is 0 Å². The van der Waals surface area contributed by atoms with Crippen molar-refractivity contribution >= 4 is 5.69 Å². The first kappa shape index (κ1) is 11.9. The van der Waals surface area contributed by atoms with Gasteiger partial charge in [-0.25, -0.2) is 0 Å². The Labute approximate surface area is 90.9 Å². The highest BCUT2D eigenvalue weighted by Crippen LogP contribution is 2.19. The van der Waals surface area contributed by atoms with E-state index in [1.165, 1.54) is 0 Å². The summed E-state index contributed by atoms with van der Waals surface area (Å²) in [7, 11) is 0. The molecule has 3 N–H and O–H groups in total. The van der Waals surface area contributed by atoms with Crippen LogP contribution < -0.4 is 10.5 Å². The molecule has 0 aliphatic carbocycles. The van der Waals surface area contributed by atoms with Gasteiger partial charge in [-0.3, -0.25) is 0 Å². The van der Waals surface area contributed by atoms with E-state index in [9.17, 15) is 5.11 Å². The summed E-state index contributed by atoms with van der Waals surface area (Å²) >= 11 is 0. The minimum atomic E-state index is -0.721. The van der Waals surface area contributed by atoms with Crippen LogP contribution in [0, 0.1) is 0 Å². The van der Waals surface area contributed by atoms with Crippen LogP contribution in [0.4, 0.5) is 5.69 Å². The number of anilines is 1. The zero-order valence-electron chi connectivity index (χ0n) is 9.36. The van der Waals surface area contributed by atoms with E-state index in [2.05, 4.69) is 0 Å². The minimum Gasteiger partial charge on any atom is -0.491 e. The lowest BCUT2D eigenvalue weighted by molar-refractivity contribution is -0.0113. The molecule has 0 aliphatic heterocycles. The number of hydrogen-bond donors (Lipinski definition) is 2. The van der Waals surface area contributed by atoms with E-state index < -0.39 is 5.60 Å². The van der Waals surface area contributed by atoms with Crippen molar-refractivity contribution in [1.82, 2.24) is 0 Å². The molecule has 1 aromatic carbocycles. The van der Waals surface area contributed by atoms with Gasteiger partial charge in [0.25, 0.3) is 0 Å². The molecular weight excluding hydrogens is 190 g/mol. The molecular formula is C12H19NO2. The normalized spacial score (nSPS) is 11.4. The first-order valence-electron chi connectivity index (χ1n) is 5.30. The Morgan fingerprint density at radius 3 is 2.20 bits per heavy atom. The number of hydrogen-bond acceptors (Lipinski definition) is 3. The number of nitrogens with two attached hydrogens (primary N) is 1. The quantitative estimate of drug-likeness (QED) is 0.731. The van der Waals surface area contributed by atoms with Gasteiger partial charge in [0, 0.05) is 5.69 Å². The van der Waals surface area contributed by atoms with E-state index >= 15 is 0 Å². The molecule has 15 heavy (non-hydrogen) atoms. The van der Waals surface area contributed by atoms with Crippen molar-refractivity contribution in [2.75, 3.05) is 12.3 Å². The van der Waals surface area contributed by atoms with E-state index in [-0.39, 0.29) is 0 Å². The van der Waals surface area contributed by atoms with Crippen LogP contribution in [0.3, 0.4) is 0 Å². The van der Waals surface area contributed by atoms with Crippen molar-refractivity contribution in [1.29, 1.82) is 0 Å². The molecule has 0 heterocycles. The standard InChI is InChI=1S/C12H19NO2/c1-3-12(14,4-2)9-15-11-7-5-10(13)6-8-11/h5-8,14H,3-4,9,13H2,1-2H3. The lowest BCUT2D eigenvalue weighted by atomic mass is 9.99. The molecule has 0 radical (unpaired) electrons. The first-order chi connectivity index (χ1) is 7.09. The summed E-state index contributed by atoms with van der Waals surface area (Å²) < 4.78 is 5.50. The minimum absolute atomic E-state index is 0.323. The molecule has 0 fully saturated rings. The third kappa shape index (κ3) is 3.44. The van der Waals surface area contributed by atoms with Gasteiger partial charge < -0.3 is 15.6 Å². The summed E-state index contributed by atoms with van der Waals surface area (Å²) in [4.78, 5) is 0. The lowest BCUT2D eigenvalue weighted by Gasteiger charge is -2.25. The molecule has 0 spiro atoms. The van der Waals surface area contributed by atoms with Crippen LogP contribution in [0.25, 0.3) is 0 Å². The highest BCUT2D eigenvalue weighted by atomic mass is 16.5. The number of nitrogen functional groups attached to an aromatic ring is 1. The van der Waals surface area contributed by atoms with Gasteiger partial charge in [-0.2, -0.15) is 0 Å². The molecule has 1 rings (SSSR count). The summed E-state index contributed by atoms with van der Waals surface area (Å²) in [6.45, 7) is 4.23. The van der Waals surface area contributed by atoms with E-state index in [1.54, 1.807) is 24.3 Å². The van der Waals surface area contributed by atoms with Crippen LogP contribution in [-0.4, -0.2) is 17.3 Å². The molecule has 0 amide bonds. The summed E-state index contributed by atoms with van der Waals surface area (Å²) in [6, 6.07) is 7.18. The topological polar surface area (TPSA) is 55.5 Å². The summed E-state index contributed by atoms with van der Waals surface area (Å²) in [5, 5.41) is 9.99. The maximum atomic E-state index is 9.99. The summed E-state index contributed by atoms with van der Waals surface area (Å²) in [5.41, 5.74) is 5.55. The number of rotatable bonds is 5. The zero-order valence-corrected chi connectivity index (χ0v) is 9.36. The molecule has 1 aromatic rings. The number of aliphatic hydroxyl groups is 1. The van der Waals surface area contributed by atoms with E-state index in [4.69, 9.17) is 10.5 Å². The van der Waals surface area contributed by atoms with Crippen LogP contribution in [0.1, 0.15) is 26.7 Å². The SMILES string of the molecule is CCC(O)(CC)COc1ccc(N)cc1. The van der Waals surface area contributed by atoms with Gasteiger partial charge in [-0.15, -0.1) is 0 Å². The summed E-state index contributed by atoms with van der Waals surface area (Å²) in [6.07, 6.45) is 1.39. The molecule has 0 atom stereocenters. The predicted octanol–water partition coefficient (Wildman–Crippen LogP) is 2.20. The number of ether oxygens (including phenoxy) is 1. The second-order valence-electron chi connectivity index (χ2n) is 3.79. The Kier molecular flexibility index (Phi) is 3.97. The van der Waals surface area contributed by atoms with Gasteiger partial charge in [-0.05, 0) is 37.1 Å². The molecule has 0 saturated heterocycles. The zero-order chi connectivity index (χ0) is 11.3. The highest BCUT2D eigenvalue weighted by molar-refractivity contribution is 5.41. The van der Waals surface area contributed by atoms with Crippen molar-refractivity contribution in [3.63, 3.8) is 0 Å². The summed E-state index contributed by atoms with van der Waals surface area (Å²) in [5.74, 6) is 0.740. The van der Waals surface area contributed by atoms with Gasteiger partial charge in [0.05, 0.1) is 5.60 Å². The largest absolute Gasteiger partial charge is 0.491 e. The fourth-order valence-corrected chi connectivity index (χ4v) is 1.24. The second kappa shape index (κ2) is 5.03. The maximum Gasteiger partial charge on any atom is 0.119 e. The highest BCUT2D eigenvalue weighted by Gasteiger charge is 2.22. The molecule has 0 unspecified atom stereocenters. The number of benzene rings is 1. The second-order valence-corrected chi connectivity index (χ2v) is 3.79. The fraction of sp³-hybridized carbons (Fsp3) is 0.500. The Balaban J connectivity index is 2.53. The van der Waals surface area contributed by atoms with Gasteiger partial charge >= 0.3 is 0 Å². The molecule has 0 saturated carbocycles. The van der Waals surface area contributed by atoms with Crippen molar-refractivity contribution in [2.45, 2.75) is 32.3 Å². The molecule has 3 nitrogen and oxygen atoms in total. The predicted molar refractivity (Wildman–Crippen MR) is 61.9 cm³/mol. The van der Waals surface area contributed by atoms with E-state index in [0.717, 1.165) is 5.75 Å². The molecule has 0 aliphatic rings. The van der Waals surface area contributed by atoms with Gasteiger partial charge in [0.15, 0.2) is 0 Å². The average molecular weight is 209 g/mol. The van der Waals surface area contributed by atoms with Crippen LogP contribution in [-0.2, 0) is 0 Å². The fourth-order valence-electron chi connectivity index (χ4n) is 1.24. The lowest BCUT2D eigenvalue weighted by Crippen LogP contribution is -2.34. The Hall–Kier alpha value is -1.22. The smallest absolute Gasteiger partial charge is 0.119 e. The Bertz CT molecular complexity index is 291. The van der Waals surface area contributed by atoms with Crippen molar-refractivity contribution < 1.29 is 9.84 Å². The van der Waals surface area contributed by atoms with Crippen molar-refractivity contribution in [3.8, 4) is 5.75 Å². The third-order valence-electron chi connectivity index (χ3n) is 2.70. The molecule has 3 heteroatoms. The monoisotopic (exact) mass is 209 g/mol. The van der Waals surface area contributed by atoms with Gasteiger partial charge in [0.2, 0.25) is 0 Å². The van der Waals surface area contributed by atoms with Gasteiger partial charge in [-0.1, -0.05) is 13.8 Å². The Morgan fingerprint density at radius 2 is 1.73 bits per heavy atom. The van der Waals surface area contributed by atoms with Crippen LogP contribution in [0.5, 0.6) is 5.75 Å². The van der Waals surface area contributed by atoms with Gasteiger partial charge in [0.1, 0.15) is 12.4 Å². The van der Waals surface area contributed by atoms with Crippen LogP contribution >= 0.6 is 0 Å². The first-order valence-corrected chi connectivity index (χ1v) is 5.30. The van der Waals surface area contributed by atoms with Crippen molar-refractivity contribution in [3.05, 3.63) is 24.3 Å². The molecule has 0 bridgehead atoms. The van der Waals surface area contributed by atoms with E-state index in [1.807, 2.05) is 13.8 Å². The van der Waals surface area contributed by atoms with Crippen LogP contribution in [0.2, 0.25) is 0 Å². The average Bonchev–Trinajstić information content (AvgIpc) is 2.28. The molecule has 0 aromatic heterocycles. The molecule has 84 valence electrons.